The van der Waals surface area contributed by atoms with E-state index in [1.165, 1.54) is 5.57 Å². The Kier molecular flexibility index (Phi) is 2.41. The first-order valence-corrected chi connectivity index (χ1v) is 7.22. The third-order valence-corrected chi connectivity index (χ3v) is 4.08. The van der Waals surface area contributed by atoms with Crippen LogP contribution in [-0.2, 0) is 10.2 Å². The van der Waals surface area contributed by atoms with Crippen molar-refractivity contribution >= 4 is 27.3 Å². The summed E-state index contributed by atoms with van der Waals surface area (Å²) in [5, 5.41) is 0. The van der Waals surface area contributed by atoms with Gasteiger partial charge in [-0.25, -0.2) is 0 Å². The molecule has 0 bridgehead atoms. The molecule has 0 aromatic heterocycles. The van der Waals surface area contributed by atoms with Gasteiger partial charge in [-0.2, -0.15) is 8.42 Å². The number of hydrogen-bond donors (Lipinski definition) is 2. The van der Waals surface area contributed by atoms with E-state index in [-0.39, 0.29) is 5.84 Å². The van der Waals surface area contributed by atoms with Gasteiger partial charge in [0.1, 0.15) is 5.84 Å². The highest BCUT2D eigenvalue weighted by atomic mass is 32.2. The zero-order chi connectivity index (χ0) is 12.8. The quantitative estimate of drug-likeness (QED) is 0.807. The summed E-state index contributed by atoms with van der Waals surface area (Å²) in [5.41, 5.74) is 9.19. The van der Waals surface area contributed by atoms with Gasteiger partial charge in [-0.1, -0.05) is 18.2 Å². The van der Waals surface area contributed by atoms with Gasteiger partial charge in [0.15, 0.2) is 0 Å². The summed E-state index contributed by atoms with van der Waals surface area (Å²) in [6.07, 6.45) is 5.35. The fourth-order valence-electron chi connectivity index (χ4n) is 2.43. The molecule has 5 nitrogen and oxygen atoms in total. The zero-order valence-corrected chi connectivity index (χ0v) is 10.5. The Balaban J connectivity index is 2.21. The van der Waals surface area contributed by atoms with Crippen LogP contribution in [0.4, 0.5) is 5.69 Å². The van der Waals surface area contributed by atoms with E-state index in [4.69, 9.17) is 5.73 Å². The van der Waals surface area contributed by atoms with Crippen LogP contribution in [0.5, 0.6) is 0 Å². The van der Waals surface area contributed by atoms with Crippen molar-refractivity contribution in [2.75, 3.05) is 4.72 Å². The molecule has 0 unspecified atom stereocenters. The summed E-state index contributed by atoms with van der Waals surface area (Å²) in [4.78, 5) is 0. The fraction of sp³-hybridized carbons (Fsp3) is 0.250. The Bertz CT molecular complexity index is 675. The SMILES string of the molecule is NC1=NS(=O)(=O)Nc2cccc(C3=CCCC3)c21. The molecule has 0 saturated carbocycles. The van der Waals surface area contributed by atoms with Crippen LogP contribution in [0, 0.1) is 0 Å². The average molecular weight is 263 g/mol. The molecule has 94 valence electrons. The van der Waals surface area contributed by atoms with Crippen molar-refractivity contribution in [1.82, 2.24) is 0 Å². The second-order valence-electron chi connectivity index (χ2n) is 4.40. The van der Waals surface area contributed by atoms with Crippen LogP contribution < -0.4 is 10.5 Å². The molecule has 1 aliphatic carbocycles. The standard InChI is InChI=1S/C12H13N3O2S/c13-12-11-9(8-4-1-2-5-8)6-3-7-10(11)14-18(16,17)15-12/h3-4,6-7,14H,1-2,5H2,(H2,13,15). The van der Waals surface area contributed by atoms with E-state index in [0.29, 0.717) is 11.3 Å². The maximum atomic E-state index is 11.5. The number of hydrogen-bond acceptors (Lipinski definition) is 3. The minimum absolute atomic E-state index is 0.0622. The smallest absolute Gasteiger partial charge is 0.344 e. The lowest BCUT2D eigenvalue weighted by atomic mass is 9.97. The van der Waals surface area contributed by atoms with Gasteiger partial charge in [-0.3, -0.25) is 4.72 Å². The van der Waals surface area contributed by atoms with Crippen LogP contribution in [0.1, 0.15) is 30.4 Å². The van der Waals surface area contributed by atoms with Gasteiger partial charge in [0.2, 0.25) is 0 Å². The number of rotatable bonds is 1. The Hall–Kier alpha value is -1.82. The monoisotopic (exact) mass is 263 g/mol. The predicted octanol–water partition coefficient (Wildman–Crippen LogP) is 1.63. The Morgan fingerprint density at radius 2 is 2.17 bits per heavy atom. The zero-order valence-electron chi connectivity index (χ0n) is 9.68. The summed E-state index contributed by atoms with van der Waals surface area (Å²) in [5.74, 6) is 0.0622. The summed E-state index contributed by atoms with van der Waals surface area (Å²) < 4.78 is 28.9. The molecule has 3 rings (SSSR count). The second kappa shape index (κ2) is 3.84. The number of nitrogens with zero attached hydrogens (tertiary/aromatic N) is 1. The van der Waals surface area contributed by atoms with Crippen molar-refractivity contribution in [1.29, 1.82) is 0 Å². The highest BCUT2D eigenvalue weighted by Crippen LogP contribution is 2.34. The maximum absolute atomic E-state index is 11.5. The van der Waals surface area contributed by atoms with Crippen LogP contribution in [0.2, 0.25) is 0 Å². The summed E-state index contributed by atoms with van der Waals surface area (Å²) in [6, 6.07) is 5.49. The van der Waals surface area contributed by atoms with E-state index < -0.39 is 10.2 Å². The third-order valence-electron chi connectivity index (χ3n) is 3.16. The highest BCUT2D eigenvalue weighted by Gasteiger charge is 2.24. The molecule has 0 saturated heterocycles. The first kappa shape index (κ1) is 11.3. The van der Waals surface area contributed by atoms with Gasteiger partial charge in [-0.15, -0.1) is 4.40 Å². The minimum Gasteiger partial charge on any atom is -0.382 e. The van der Waals surface area contributed by atoms with Gasteiger partial charge in [-0.05, 0) is 36.5 Å². The average Bonchev–Trinajstić information content (AvgIpc) is 2.79. The third kappa shape index (κ3) is 1.78. The number of allylic oxidation sites excluding steroid dienone is 2. The number of benzene rings is 1. The van der Waals surface area contributed by atoms with Crippen molar-refractivity contribution in [2.45, 2.75) is 19.3 Å². The van der Waals surface area contributed by atoms with Crippen molar-refractivity contribution in [3.8, 4) is 0 Å². The molecule has 1 aromatic carbocycles. The minimum atomic E-state index is -3.69. The summed E-state index contributed by atoms with van der Waals surface area (Å²) >= 11 is 0. The molecule has 0 atom stereocenters. The fourth-order valence-corrected chi connectivity index (χ4v) is 3.28. The normalized spacial score (nSPS) is 20.7. The molecule has 2 aliphatic rings. The molecule has 1 aromatic rings. The van der Waals surface area contributed by atoms with Crippen molar-refractivity contribution in [2.24, 2.45) is 10.1 Å². The highest BCUT2D eigenvalue weighted by molar-refractivity contribution is 7.91. The number of nitrogens with two attached hydrogens (primary N) is 1. The molecular formula is C12H13N3O2S. The molecule has 18 heavy (non-hydrogen) atoms. The lowest BCUT2D eigenvalue weighted by Crippen LogP contribution is -2.27. The van der Waals surface area contributed by atoms with E-state index in [2.05, 4.69) is 15.2 Å². The molecule has 1 heterocycles. The Morgan fingerprint density at radius 3 is 2.89 bits per heavy atom. The topological polar surface area (TPSA) is 84.5 Å². The van der Waals surface area contributed by atoms with Gasteiger partial charge in [0.25, 0.3) is 0 Å². The lowest BCUT2D eigenvalue weighted by Gasteiger charge is -2.19. The second-order valence-corrected chi connectivity index (χ2v) is 5.74. The molecule has 3 N–H and O–H groups in total. The van der Waals surface area contributed by atoms with Crippen LogP contribution >= 0.6 is 0 Å². The number of nitrogens with one attached hydrogen (secondary N) is 1. The van der Waals surface area contributed by atoms with Crippen LogP contribution in [0.25, 0.3) is 5.57 Å². The van der Waals surface area contributed by atoms with E-state index >= 15 is 0 Å². The summed E-state index contributed by atoms with van der Waals surface area (Å²) in [6.45, 7) is 0. The molecule has 0 fully saturated rings. The van der Waals surface area contributed by atoms with Crippen molar-refractivity contribution in [3.63, 3.8) is 0 Å². The van der Waals surface area contributed by atoms with Gasteiger partial charge >= 0.3 is 10.2 Å². The number of anilines is 1. The Morgan fingerprint density at radius 1 is 1.33 bits per heavy atom. The van der Waals surface area contributed by atoms with Crippen LogP contribution in [0.15, 0.2) is 28.7 Å². The van der Waals surface area contributed by atoms with Gasteiger partial charge in [0.05, 0.1) is 5.69 Å². The van der Waals surface area contributed by atoms with Crippen molar-refractivity contribution < 1.29 is 8.42 Å². The predicted molar refractivity (Wildman–Crippen MR) is 71.5 cm³/mol. The maximum Gasteiger partial charge on any atom is 0.344 e. The molecule has 6 heteroatoms. The first-order chi connectivity index (χ1) is 8.57. The van der Waals surface area contributed by atoms with E-state index in [1.54, 1.807) is 6.07 Å². The molecular weight excluding hydrogens is 250 g/mol. The number of amidine groups is 1. The molecule has 0 spiro atoms. The molecule has 0 radical (unpaired) electrons. The van der Waals surface area contributed by atoms with E-state index in [9.17, 15) is 8.42 Å². The summed E-state index contributed by atoms with van der Waals surface area (Å²) in [7, 11) is -3.69. The van der Waals surface area contributed by atoms with Gasteiger partial charge < -0.3 is 5.73 Å². The molecule has 1 aliphatic heterocycles. The van der Waals surface area contributed by atoms with Crippen LogP contribution in [-0.4, -0.2) is 14.3 Å². The first-order valence-electron chi connectivity index (χ1n) is 5.78. The number of fused-ring (bicyclic) bond motifs is 1. The largest absolute Gasteiger partial charge is 0.382 e. The van der Waals surface area contributed by atoms with Crippen LogP contribution in [0.3, 0.4) is 0 Å². The van der Waals surface area contributed by atoms with E-state index in [0.717, 1.165) is 24.8 Å². The Labute approximate surface area is 106 Å². The van der Waals surface area contributed by atoms with Crippen molar-refractivity contribution in [3.05, 3.63) is 35.4 Å². The van der Waals surface area contributed by atoms with E-state index in [1.807, 2.05) is 12.1 Å². The molecule has 0 amide bonds. The lowest BCUT2D eigenvalue weighted by molar-refractivity contribution is 0.602. The van der Waals surface area contributed by atoms with Gasteiger partial charge in [0, 0.05) is 5.56 Å².